The number of amides is 1. The zero-order valence-electron chi connectivity index (χ0n) is 16.6. The van der Waals surface area contributed by atoms with E-state index in [2.05, 4.69) is 27.9 Å². The number of hydrogen-bond donors (Lipinski definition) is 3. The zero-order valence-corrected chi connectivity index (χ0v) is 16.6. The van der Waals surface area contributed by atoms with Crippen LogP contribution >= 0.6 is 0 Å². The first-order chi connectivity index (χ1) is 13.6. The molecule has 0 saturated carbocycles. The van der Waals surface area contributed by atoms with E-state index in [9.17, 15) is 9.18 Å². The van der Waals surface area contributed by atoms with Gasteiger partial charge in [-0.05, 0) is 48.2 Å². The van der Waals surface area contributed by atoms with Crippen LogP contribution in [0.15, 0.2) is 53.5 Å². The third-order valence-corrected chi connectivity index (χ3v) is 4.33. The van der Waals surface area contributed by atoms with Gasteiger partial charge in [-0.3, -0.25) is 9.79 Å². The molecule has 0 aromatic heterocycles. The summed E-state index contributed by atoms with van der Waals surface area (Å²) in [5, 5.41) is 9.41. The molecule has 0 fully saturated rings. The maximum absolute atomic E-state index is 12.9. The van der Waals surface area contributed by atoms with Gasteiger partial charge in [-0.2, -0.15) is 0 Å². The molecular formula is C22H29FN4O. The lowest BCUT2D eigenvalue weighted by Crippen LogP contribution is -2.37. The highest BCUT2D eigenvalue weighted by Crippen LogP contribution is 2.05. The van der Waals surface area contributed by atoms with Gasteiger partial charge in [0.1, 0.15) is 5.82 Å². The van der Waals surface area contributed by atoms with Crippen LogP contribution in [0.25, 0.3) is 0 Å². The molecule has 0 aliphatic carbocycles. The van der Waals surface area contributed by atoms with Crippen molar-refractivity contribution in [1.29, 1.82) is 0 Å². The maximum atomic E-state index is 12.9. The summed E-state index contributed by atoms with van der Waals surface area (Å²) in [6, 6.07) is 14.1. The summed E-state index contributed by atoms with van der Waals surface area (Å²) in [7, 11) is 1.72. The molecule has 3 N–H and O–H groups in total. The highest BCUT2D eigenvalue weighted by molar-refractivity contribution is 5.94. The highest BCUT2D eigenvalue weighted by atomic mass is 19.1. The van der Waals surface area contributed by atoms with Crippen molar-refractivity contribution in [1.82, 2.24) is 16.0 Å². The molecule has 0 saturated heterocycles. The molecule has 28 heavy (non-hydrogen) atoms. The SMILES string of the molecule is CCCCNC(=O)c1ccc(CNC(=NC)NCCc2ccc(F)cc2)cc1. The van der Waals surface area contributed by atoms with Gasteiger partial charge in [0.15, 0.2) is 5.96 Å². The Morgan fingerprint density at radius 2 is 1.61 bits per heavy atom. The number of nitrogens with one attached hydrogen (secondary N) is 3. The minimum Gasteiger partial charge on any atom is -0.356 e. The molecule has 0 atom stereocenters. The van der Waals surface area contributed by atoms with Crippen LogP contribution in [-0.4, -0.2) is 32.0 Å². The van der Waals surface area contributed by atoms with E-state index in [0.29, 0.717) is 31.2 Å². The van der Waals surface area contributed by atoms with Crippen molar-refractivity contribution < 1.29 is 9.18 Å². The lowest BCUT2D eigenvalue weighted by atomic mass is 10.1. The van der Waals surface area contributed by atoms with Crippen molar-refractivity contribution in [2.75, 3.05) is 20.1 Å². The third-order valence-electron chi connectivity index (χ3n) is 4.33. The average Bonchev–Trinajstić information content (AvgIpc) is 2.72. The summed E-state index contributed by atoms with van der Waals surface area (Å²) in [5.74, 6) is 0.438. The Balaban J connectivity index is 1.74. The Morgan fingerprint density at radius 3 is 2.25 bits per heavy atom. The first kappa shape index (κ1) is 21.4. The van der Waals surface area contributed by atoms with Crippen LogP contribution in [0.3, 0.4) is 0 Å². The first-order valence-electron chi connectivity index (χ1n) is 9.68. The summed E-state index contributed by atoms with van der Waals surface area (Å²) in [6.45, 7) is 4.11. The van der Waals surface area contributed by atoms with Gasteiger partial charge in [-0.15, -0.1) is 0 Å². The molecule has 0 bridgehead atoms. The highest BCUT2D eigenvalue weighted by Gasteiger charge is 2.05. The van der Waals surface area contributed by atoms with Crippen LogP contribution in [0, 0.1) is 5.82 Å². The predicted molar refractivity (Wildman–Crippen MR) is 112 cm³/mol. The molecule has 0 heterocycles. The number of nitrogens with zero attached hydrogens (tertiary/aromatic N) is 1. The van der Waals surface area contributed by atoms with Gasteiger partial charge in [0.05, 0.1) is 0 Å². The van der Waals surface area contributed by atoms with E-state index in [-0.39, 0.29) is 11.7 Å². The first-order valence-corrected chi connectivity index (χ1v) is 9.68. The molecule has 0 radical (unpaired) electrons. The Kier molecular flexibility index (Phi) is 8.98. The van der Waals surface area contributed by atoms with Gasteiger partial charge in [0, 0.05) is 32.2 Å². The second-order valence-corrected chi connectivity index (χ2v) is 6.54. The number of carbonyl (C=O) groups excluding carboxylic acids is 1. The van der Waals surface area contributed by atoms with Crippen molar-refractivity contribution >= 4 is 11.9 Å². The van der Waals surface area contributed by atoms with Gasteiger partial charge in [0.2, 0.25) is 0 Å². The molecular weight excluding hydrogens is 355 g/mol. The van der Waals surface area contributed by atoms with E-state index in [1.165, 1.54) is 12.1 Å². The van der Waals surface area contributed by atoms with E-state index in [0.717, 1.165) is 30.4 Å². The lowest BCUT2D eigenvalue weighted by Gasteiger charge is -2.12. The van der Waals surface area contributed by atoms with E-state index in [1.54, 1.807) is 19.2 Å². The smallest absolute Gasteiger partial charge is 0.251 e. The number of unbranched alkanes of at least 4 members (excludes halogenated alkanes) is 1. The molecule has 6 heteroatoms. The second kappa shape index (κ2) is 11.7. The number of guanidine groups is 1. The Hall–Kier alpha value is -2.89. The fraction of sp³-hybridized carbons (Fsp3) is 0.364. The van der Waals surface area contributed by atoms with E-state index in [4.69, 9.17) is 0 Å². The lowest BCUT2D eigenvalue weighted by molar-refractivity contribution is 0.0953. The van der Waals surface area contributed by atoms with Gasteiger partial charge in [-0.25, -0.2) is 4.39 Å². The van der Waals surface area contributed by atoms with Crippen molar-refractivity contribution in [2.45, 2.75) is 32.7 Å². The number of aliphatic imine (C=N–C) groups is 1. The molecule has 2 aromatic carbocycles. The van der Waals surface area contributed by atoms with Crippen LogP contribution in [0.4, 0.5) is 4.39 Å². The molecule has 150 valence electrons. The van der Waals surface area contributed by atoms with Gasteiger partial charge in [0.25, 0.3) is 5.91 Å². The third kappa shape index (κ3) is 7.39. The van der Waals surface area contributed by atoms with Crippen LogP contribution < -0.4 is 16.0 Å². The van der Waals surface area contributed by atoms with Crippen molar-refractivity contribution in [3.63, 3.8) is 0 Å². The van der Waals surface area contributed by atoms with Crippen LogP contribution in [0.5, 0.6) is 0 Å². The summed E-state index contributed by atoms with van der Waals surface area (Å²) in [6.07, 6.45) is 2.83. The summed E-state index contributed by atoms with van der Waals surface area (Å²) >= 11 is 0. The standard InChI is InChI=1S/C22H29FN4O/c1-3-4-14-25-21(28)19-9-5-18(6-10-19)16-27-22(24-2)26-15-13-17-7-11-20(23)12-8-17/h5-12H,3-4,13-16H2,1-2H3,(H,25,28)(H2,24,26,27). The minimum absolute atomic E-state index is 0.0359. The fourth-order valence-electron chi connectivity index (χ4n) is 2.64. The van der Waals surface area contributed by atoms with Gasteiger partial charge < -0.3 is 16.0 Å². The van der Waals surface area contributed by atoms with Crippen molar-refractivity contribution in [3.05, 3.63) is 71.0 Å². The molecule has 1 amide bonds. The molecule has 0 spiro atoms. The van der Waals surface area contributed by atoms with Gasteiger partial charge in [-0.1, -0.05) is 37.6 Å². The van der Waals surface area contributed by atoms with Crippen molar-refractivity contribution in [2.24, 2.45) is 4.99 Å². The Morgan fingerprint density at radius 1 is 0.929 bits per heavy atom. The van der Waals surface area contributed by atoms with Gasteiger partial charge >= 0.3 is 0 Å². The quantitative estimate of drug-likeness (QED) is 0.353. The number of halogens is 1. The summed E-state index contributed by atoms with van der Waals surface area (Å²) < 4.78 is 12.9. The van der Waals surface area contributed by atoms with Crippen LogP contribution in [0.1, 0.15) is 41.3 Å². The van der Waals surface area contributed by atoms with Crippen LogP contribution in [-0.2, 0) is 13.0 Å². The molecule has 0 unspecified atom stereocenters. The zero-order chi connectivity index (χ0) is 20.2. The number of benzene rings is 2. The summed E-state index contributed by atoms with van der Waals surface area (Å²) in [4.78, 5) is 16.2. The predicted octanol–water partition coefficient (Wildman–Crippen LogP) is 3.26. The molecule has 0 aliphatic heterocycles. The molecule has 0 aliphatic rings. The Bertz CT molecular complexity index is 757. The molecule has 2 aromatic rings. The van der Waals surface area contributed by atoms with Crippen molar-refractivity contribution in [3.8, 4) is 0 Å². The normalized spacial score (nSPS) is 11.2. The van der Waals surface area contributed by atoms with E-state index in [1.807, 2.05) is 24.3 Å². The number of carbonyl (C=O) groups is 1. The largest absolute Gasteiger partial charge is 0.356 e. The summed E-state index contributed by atoms with van der Waals surface area (Å²) in [5.41, 5.74) is 2.80. The van der Waals surface area contributed by atoms with Crippen LogP contribution in [0.2, 0.25) is 0 Å². The Labute approximate surface area is 166 Å². The monoisotopic (exact) mass is 384 g/mol. The minimum atomic E-state index is -0.223. The number of hydrogen-bond acceptors (Lipinski definition) is 2. The average molecular weight is 384 g/mol. The molecule has 5 nitrogen and oxygen atoms in total. The molecule has 2 rings (SSSR count). The van der Waals surface area contributed by atoms with E-state index >= 15 is 0 Å². The maximum Gasteiger partial charge on any atom is 0.251 e. The second-order valence-electron chi connectivity index (χ2n) is 6.54. The van der Waals surface area contributed by atoms with E-state index < -0.39 is 0 Å². The number of rotatable bonds is 9. The fourth-order valence-corrected chi connectivity index (χ4v) is 2.64. The topological polar surface area (TPSA) is 65.5 Å².